The summed E-state index contributed by atoms with van der Waals surface area (Å²) in [4.78, 5) is 12.3. The van der Waals surface area contributed by atoms with Gasteiger partial charge in [-0.3, -0.25) is 10.2 Å². The van der Waals surface area contributed by atoms with Gasteiger partial charge in [0.1, 0.15) is 11.5 Å². The number of thioether (sulfide) groups is 1. The molecule has 0 saturated carbocycles. The fourth-order valence-electron chi connectivity index (χ4n) is 1.65. The van der Waals surface area contributed by atoms with Gasteiger partial charge in [-0.1, -0.05) is 0 Å². The quantitative estimate of drug-likeness (QED) is 0.250. The van der Waals surface area contributed by atoms with Gasteiger partial charge in [0, 0.05) is 16.2 Å². The van der Waals surface area contributed by atoms with Crippen LogP contribution in [0.25, 0.3) is 0 Å². The molecule has 5 nitrogen and oxygen atoms in total. The first-order chi connectivity index (χ1) is 10.2. The van der Waals surface area contributed by atoms with Crippen molar-refractivity contribution in [3.05, 3.63) is 54.1 Å². The second-order valence-corrected chi connectivity index (χ2v) is 5.36. The van der Waals surface area contributed by atoms with E-state index < -0.39 is 0 Å². The number of amides is 1. The minimum absolute atomic E-state index is 0.261. The van der Waals surface area contributed by atoms with E-state index in [1.165, 1.54) is 0 Å². The lowest BCUT2D eigenvalue weighted by atomic mass is 10.2. The standard InChI is InChI=1S/C15H16N2O3S/c16-17-15(19)11-1-5-13(6-2-11)20-9-10-21-14-7-3-12(18)4-8-14/h1-8,18H,9-10,16H2,(H,17,19). The Morgan fingerprint density at radius 3 is 2.43 bits per heavy atom. The van der Waals surface area contributed by atoms with Gasteiger partial charge in [0.2, 0.25) is 0 Å². The fraction of sp³-hybridized carbons (Fsp3) is 0.133. The smallest absolute Gasteiger partial charge is 0.265 e. The van der Waals surface area contributed by atoms with E-state index in [4.69, 9.17) is 10.6 Å². The lowest BCUT2D eigenvalue weighted by molar-refractivity contribution is 0.0953. The maximum Gasteiger partial charge on any atom is 0.265 e. The third-order valence-electron chi connectivity index (χ3n) is 2.71. The summed E-state index contributed by atoms with van der Waals surface area (Å²) in [5.74, 6) is 6.48. The van der Waals surface area contributed by atoms with Crippen molar-refractivity contribution in [1.29, 1.82) is 0 Å². The number of phenolic OH excluding ortho intramolecular Hbond substituents is 1. The minimum Gasteiger partial charge on any atom is -0.508 e. The highest BCUT2D eigenvalue weighted by molar-refractivity contribution is 7.99. The van der Waals surface area contributed by atoms with Gasteiger partial charge in [0.05, 0.1) is 6.61 Å². The summed E-state index contributed by atoms with van der Waals surface area (Å²) in [7, 11) is 0. The molecule has 0 atom stereocenters. The summed E-state index contributed by atoms with van der Waals surface area (Å²) in [6.45, 7) is 0.550. The van der Waals surface area contributed by atoms with E-state index in [1.807, 2.05) is 12.1 Å². The van der Waals surface area contributed by atoms with E-state index in [9.17, 15) is 9.90 Å². The topological polar surface area (TPSA) is 84.6 Å². The zero-order chi connectivity index (χ0) is 15.1. The molecule has 0 heterocycles. The monoisotopic (exact) mass is 304 g/mol. The zero-order valence-electron chi connectivity index (χ0n) is 11.3. The highest BCUT2D eigenvalue weighted by Gasteiger charge is 2.03. The van der Waals surface area contributed by atoms with Crippen molar-refractivity contribution in [1.82, 2.24) is 5.43 Å². The molecule has 1 amide bonds. The van der Waals surface area contributed by atoms with Crippen molar-refractivity contribution in [2.24, 2.45) is 5.84 Å². The maximum absolute atomic E-state index is 11.3. The molecular weight excluding hydrogens is 288 g/mol. The Bertz CT molecular complexity index is 585. The number of ether oxygens (including phenoxy) is 1. The Hall–Kier alpha value is -2.18. The minimum atomic E-state index is -0.329. The normalized spacial score (nSPS) is 10.1. The second kappa shape index (κ2) is 7.56. The van der Waals surface area contributed by atoms with Crippen molar-refractivity contribution in [3.63, 3.8) is 0 Å². The van der Waals surface area contributed by atoms with Crippen LogP contribution in [0.3, 0.4) is 0 Å². The molecule has 21 heavy (non-hydrogen) atoms. The Balaban J connectivity index is 1.75. The molecule has 0 unspecified atom stereocenters. The van der Waals surface area contributed by atoms with Crippen molar-refractivity contribution >= 4 is 17.7 Å². The first kappa shape index (κ1) is 15.2. The third kappa shape index (κ3) is 4.70. The highest BCUT2D eigenvalue weighted by atomic mass is 32.2. The Labute approximate surface area is 127 Å². The number of hydrogen-bond acceptors (Lipinski definition) is 5. The van der Waals surface area contributed by atoms with Crippen LogP contribution in [0.5, 0.6) is 11.5 Å². The number of phenols is 1. The van der Waals surface area contributed by atoms with Gasteiger partial charge in [-0.15, -0.1) is 11.8 Å². The number of hydrogen-bond donors (Lipinski definition) is 3. The van der Waals surface area contributed by atoms with E-state index in [2.05, 4.69) is 5.43 Å². The number of aromatic hydroxyl groups is 1. The maximum atomic E-state index is 11.3. The van der Waals surface area contributed by atoms with Crippen LogP contribution in [0.1, 0.15) is 10.4 Å². The lowest BCUT2D eigenvalue weighted by Gasteiger charge is -2.07. The van der Waals surface area contributed by atoms with Crippen LogP contribution in [-0.4, -0.2) is 23.4 Å². The number of hydrazine groups is 1. The van der Waals surface area contributed by atoms with E-state index in [-0.39, 0.29) is 11.7 Å². The molecule has 0 radical (unpaired) electrons. The molecule has 0 aliphatic carbocycles. The van der Waals surface area contributed by atoms with E-state index in [0.29, 0.717) is 17.9 Å². The Morgan fingerprint density at radius 1 is 1.14 bits per heavy atom. The number of rotatable bonds is 6. The average Bonchev–Trinajstić information content (AvgIpc) is 2.53. The zero-order valence-corrected chi connectivity index (χ0v) is 12.1. The molecule has 0 fully saturated rings. The van der Waals surface area contributed by atoms with Crippen molar-refractivity contribution < 1.29 is 14.6 Å². The van der Waals surface area contributed by atoms with Crippen LogP contribution in [0, 0.1) is 0 Å². The summed E-state index contributed by atoms with van der Waals surface area (Å²) >= 11 is 1.64. The SMILES string of the molecule is NNC(=O)c1ccc(OCCSc2ccc(O)cc2)cc1. The molecule has 2 aromatic carbocycles. The van der Waals surface area contributed by atoms with Crippen LogP contribution < -0.4 is 16.0 Å². The Morgan fingerprint density at radius 2 is 1.81 bits per heavy atom. The number of benzene rings is 2. The fourth-order valence-corrected chi connectivity index (χ4v) is 2.38. The highest BCUT2D eigenvalue weighted by Crippen LogP contribution is 2.21. The summed E-state index contributed by atoms with van der Waals surface area (Å²) < 4.78 is 5.59. The summed E-state index contributed by atoms with van der Waals surface area (Å²) in [6, 6.07) is 13.8. The van der Waals surface area contributed by atoms with Gasteiger partial charge in [-0.2, -0.15) is 0 Å². The predicted molar refractivity (Wildman–Crippen MR) is 82.4 cm³/mol. The number of nitrogens with two attached hydrogens (primary N) is 1. The number of carbonyl (C=O) groups excluding carboxylic acids is 1. The summed E-state index contributed by atoms with van der Waals surface area (Å²) in [6.07, 6.45) is 0. The van der Waals surface area contributed by atoms with Crippen LogP contribution in [0.4, 0.5) is 0 Å². The van der Waals surface area contributed by atoms with Crippen LogP contribution in [-0.2, 0) is 0 Å². The Kier molecular flexibility index (Phi) is 5.48. The number of carbonyl (C=O) groups is 1. The van der Waals surface area contributed by atoms with E-state index in [0.717, 1.165) is 10.6 Å². The molecule has 0 aliphatic rings. The molecule has 0 spiro atoms. The summed E-state index contributed by atoms with van der Waals surface area (Å²) in [5, 5.41) is 9.19. The van der Waals surface area contributed by atoms with E-state index >= 15 is 0 Å². The first-order valence-electron chi connectivity index (χ1n) is 6.34. The van der Waals surface area contributed by atoms with Gasteiger partial charge in [-0.25, -0.2) is 5.84 Å². The van der Waals surface area contributed by atoms with Crippen LogP contribution in [0.2, 0.25) is 0 Å². The van der Waals surface area contributed by atoms with Crippen LogP contribution >= 0.6 is 11.8 Å². The molecule has 6 heteroatoms. The van der Waals surface area contributed by atoms with Gasteiger partial charge in [-0.05, 0) is 48.5 Å². The molecule has 110 valence electrons. The van der Waals surface area contributed by atoms with Crippen molar-refractivity contribution in [2.75, 3.05) is 12.4 Å². The number of nitrogen functional groups attached to an aromatic ring is 1. The molecule has 0 saturated heterocycles. The van der Waals surface area contributed by atoms with Crippen molar-refractivity contribution in [2.45, 2.75) is 4.90 Å². The first-order valence-corrected chi connectivity index (χ1v) is 7.33. The lowest BCUT2D eigenvalue weighted by Crippen LogP contribution is -2.29. The molecule has 2 aromatic rings. The number of nitrogens with one attached hydrogen (secondary N) is 1. The molecule has 2 rings (SSSR count). The molecule has 0 aliphatic heterocycles. The van der Waals surface area contributed by atoms with E-state index in [1.54, 1.807) is 48.2 Å². The van der Waals surface area contributed by atoms with Gasteiger partial charge < -0.3 is 9.84 Å². The third-order valence-corrected chi connectivity index (χ3v) is 3.68. The largest absolute Gasteiger partial charge is 0.508 e. The summed E-state index contributed by atoms with van der Waals surface area (Å²) in [5.41, 5.74) is 2.56. The predicted octanol–water partition coefficient (Wildman–Crippen LogP) is 2.17. The second-order valence-electron chi connectivity index (χ2n) is 4.19. The van der Waals surface area contributed by atoms with Gasteiger partial charge >= 0.3 is 0 Å². The average molecular weight is 304 g/mol. The van der Waals surface area contributed by atoms with Crippen molar-refractivity contribution in [3.8, 4) is 11.5 Å². The van der Waals surface area contributed by atoms with Crippen LogP contribution in [0.15, 0.2) is 53.4 Å². The van der Waals surface area contributed by atoms with Gasteiger partial charge in [0.15, 0.2) is 0 Å². The molecule has 0 bridgehead atoms. The molecule has 0 aromatic heterocycles. The van der Waals surface area contributed by atoms with Gasteiger partial charge in [0.25, 0.3) is 5.91 Å². The molecule has 4 N–H and O–H groups in total. The molecular formula is C15H16N2O3S.